The maximum Gasteiger partial charge on any atom is 0.186 e. The molecule has 0 bridgehead atoms. The number of benzene rings is 1. The van der Waals surface area contributed by atoms with Crippen LogP contribution in [-0.4, -0.2) is 31.1 Å². The molecule has 21 heavy (non-hydrogen) atoms. The zero-order valence-corrected chi connectivity index (χ0v) is 14.8. The van der Waals surface area contributed by atoms with Crippen molar-refractivity contribution >= 4 is 39.5 Å². The highest BCUT2D eigenvalue weighted by molar-refractivity contribution is 9.10. The molecule has 2 N–H and O–H groups in total. The zero-order valence-electron chi connectivity index (χ0n) is 12.4. The SMILES string of the molecule is CCNC(=S)N/N=C\c1cc(Br)c(OCC)c(OCC)c1. The van der Waals surface area contributed by atoms with Crippen LogP contribution in [0.15, 0.2) is 21.7 Å². The van der Waals surface area contributed by atoms with Crippen molar-refractivity contribution < 1.29 is 9.47 Å². The van der Waals surface area contributed by atoms with E-state index in [9.17, 15) is 0 Å². The monoisotopic (exact) mass is 373 g/mol. The maximum atomic E-state index is 5.60. The molecule has 7 heteroatoms. The lowest BCUT2D eigenvalue weighted by Crippen LogP contribution is -2.31. The van der Waals surface area contributed by atoms with Crippen molar-refractivity contribution in [2.45, 2.75) is 20.8 Å². The zero-order chi connectivity index (χ0) is 15.7. The normalized spacial score (nSPS) is 10.5. The molecule has 1 aromatic carbocycles. The van der Waals surface area contributed by atoms with Gasteiger partial charge in [-0.1, -0.05) is 0 Å². The van der Waals surface area contributed by atoms with Gasteiger partial charge in [-0.2, -0.15) is 5.10 Å². The van der Waals surface area contributed by atoms with Crippen LogP contribution in [0.3, 0.4) is 0 Å². The molecule has 0 aliphatic carbocycles. The lowest BCUT2D eigenvalue weighted by molar-refractivity contribution is 0.286. The predicted molar refractivity (Wildman–Crippen MR) is 93.5 cm³/mol. The molecule has 0 unspecified atom stereocenters. The van der Waals surface area contributed by atoms with Gasteiger partial charge in [0.1, 0.15) is 0 Å². The minimum absolute atomic E-state index is 0.490. The molecular weight excluding hydrogens is 354 g/mol. The van der Waals surface area contributed by atoms with E-state index in [-0.39, 0.29) is 0 Å². The molecule has 0 fully saturated rings. The number of hydrazone groups is 1. The standard InChI is InChI=1S/C14H20BrN3O2S/c1-4-16-14(21)18-17-9-10-7-11(15)13(20-6-3)12(8-10)19-5-2/h7-9H,4-6H2,1-3H3,(H2,16,18,21)/b17-9-. The molecule has 5 nitrogen and oxygen atoms in total. The van der Waals surface area contributed by atoms with Gasteiger partial charge in [-0.3, -0.25) is 5.43 Å². The van der Waals surface area contributed by atoms with E-state index in [1.807, 2.05) is 32.9 Å². The molecule has 1 aromatic rings. The minimum Gasteiger partial charge on any atom is -0.490 e. The van der Waals surface area contributed by atoms with Gasteiger partial charge in [0, 0.05) is 6.54 Å². The van der Waals surface area contributed by atoms with E-state index in [0.717, 1.165) is 16.6 Å². The molecular formula is C14H20BrN3O2S. The summed E-state index contributed by atoms with van der Waals surface area (Å²) in [5, 5.41) is 7.53. The van der Waals surface area contributed by atoms with Gasteiger partial charge in [0.15, 0.2) is 16.6 Å². The Bertz CT molecular complexity index is 509. The number of halogens is 1. The molecule has 0 radical (unpaired) electrons. The van der Waals surface area contributed by atoms with Gasteiger partial charge in [0.2, 0.25) is 0 Å². The van der Waals surface area contributed by atoms with Crippen molar-refractivity contribution in [3.63, 3.8) is 0 Å². The summed E-state index contributed by atoms with van der Waals surface area (Å²) in [6.07, 6.45) is 1.67. The minimum atomic E-state index is 0.490. The van der Waals surface area contributed by atoms with E-state index >= 15 is 0 Å². The quantitative estimate of drug-likeness (QED) is 0.437. The van der Waals surface area contributed by atoms with Gasteiger partial charge < -0.3 is 14.8 Å². The number of nitrogens with one attached hydrogen (secondary N) is 2. The van der Waals surface area contributed by atoms with E-state index in [1.54, 1.807) is 6.21 Å². The Morgan fingerprint density at radius 1 is 1.29 bits per heavy atom. The van der Waals surface area contributed by atoms with Gasteiger partial charge in [-0.25, -0.2) is 0 Å². The number of hydrogen-bond acceptors (Lipinski definition) is 4. The molecule has 1 rings (SSSR count). The summed E-state index contributed by atoms with van der Waals surface area (Å²) in [6, 6.07) is 3.79. The number of thiocarbonyl (C=S) groups is 1. The molecule has 0 heterocycles. The molecule has 0 aliphatic heterocycles. The van der Waals surface area contributed by atoms with Crippen LogP contribution in [0.4, 0.5) is 0 Å². The number of hydrogen-bond donors (Lipinski definition) is 2. The molecule has 0 amide bonds. The summed E-state index contributed by atoms with van der Waals surface area (Å²) in [5.74, 6) is 1.39. The predicted octanol–water partition coefficient (Wildman–Crippen LogP) is 3.06. The van der Waals surface area contributed by atoms with Gasteiger partial charge >= 0.3 is 0 Å². The van der Waals surface area contributed by atoms with E-state index < -0.39 is 0 Å². The molecule has 0 saturated heterocycles. The topological polar surface area (TPSA) is 54.9 Å². The Labute approximate surface area is 139 Å². The van der Waals surface area contributed by atoms with Crippen LogP contribution < -0.4 is 20.2 Å². The molecule has 0 spiro atoms. The highest BCUT2D eigenvalue weighted by Crippen LogP contribution is 2.36. The Balaban J connectivity index is 2.88. The number of nitrogens with zero attached hydrogens (tertiary/aromatic N) is 1. The highest BCUT2D eigenvalue weighted by Gasteiger charge is 2.11. The van der Waals surface area contributed by atoms with Crippen molar-refractivity contribution in [1.29, 1.82) is 0 Å². The van der Waals surface area contributed by atoms with Gasteiger partial charge in [0.25, 0.3) is 0 Å². The maximum absolute atomic E-state index is 5.60. The van der Waals surface area contributed by atoms with Crippen LogP contribution in [0, 0.1) is 0 Å². The number of rotatable bonds is 7. The van der Waals surface area contributed by atoms with Crippen molar-refractivity contribution in [1.82, 2.24) is 10.7 Å². The summed E-state index contributed by atoms with van der Waals surface area (Å²) in [6.45, 7) is 7.73. The van der Waals surface area contributed by atoms with E-state index in [4.69, 9.17) is 21.7 Å². The second-order valence-electron chi connectivity index (χ2n) is 3.93. The fourth-order valence-electron chi connectivity index (χ4n) is 1.58. The average molecular weight is 374 g/mol. The fourth-order valence-corrected chi connectivity index (χ4v) is 2.35. The largest absolute Gasteiger partial charge is 0.490 e. The van der Waals surface area contributed by atoms with Gasteiger partial charge in [-0.05, 0) is 66.6 Å². The summed E-state index contributed by atoms with van der Waals surface area (Å²) in [4.78, 5) is 0. The van der Waals surface area contributed by atoms with Crippen molar-refractivity contribution in [3.8, 4) is 11.5 Å². The average Bonchev–Trinajstić information content (AvgIpc) is 2.43. The second kappa shape index (κ2) is 9.57. The molecule has 0 aliphatic rings. The van der Waals surface area contributed by atoms with Crippen LogP contribution in [-0.2, 0) is 0 Å². The summed E-state index contributed by atoms with van der Waals surface area (Å²) < 4.78 is 12.0. The van der Waals surface area contributed by atoms with E-state index in [1.165, 1.54) is 0 Å². The lowest BCUT2D eigenvalue weighted by Gasteiger charge is -2.13. The Hall–Kier alpha value is -1.34. The first kappa shape index (κ1) is 17.7. The first-order valence-electron chi connectivity index (χ1n) is 6.78. The number of ether oxygens (including phenoxy) is 2. The fraction of sp³-hybridized carbons (Fsp3) is 0.429. The van der Waals surface area contributed by atoms with Crippen LogP contribution in [0.5, 0.6) is 11.5 Å². The summed E-state index contributed by atoms with van der Waals surface area (Å²) in [5.41, 5.74) is 3.62. The third kappa shape index (κ3) is 5.89. The van der Waals surface area contributed by atoms with Crippen LogP contribution >= 0.6 is 28.1 Å². The summed E-state index contributed by atoms with van der Waals surface area (Å²) >= 11 is 8.52. The molecule has 116 valence electrons. The Morgan fingerprint density at radius 3 is 2.62 bits per heavy atom. The van der Waals surface area contributed by atoms with Gasteiger partial charge in [0.05, 0.1) is 23.9 Å². The van der Waals surface area contributed by atoms with Crippen molar-refractivity contribution in [2.75, 3.05) is 19.8 Å². The molecule has 0 saturated carbocycles. The molecule has 0 aromatic heterocycles. The second-order valence-corrected chi connectivity index (χ2v) is 5.19. The highest BCUT2D eigenvalue weighted by atomic mass is 79.9. The van der Waals surface area contributed by atoms with Gasteiger partial charge in [-0.15, -0.1) is 0 Å². The van der Waals surface area contributed by atoms with Crippen LogP contribution in [0.2, 0.25) is 0 Å². The summed E-state index contributed by atoms with van der Waals surface area (Å²) in [7, 11) is 0. The van der Waals surface area contributed by atoms with E-state index in [0.29, 0.717) is 29.8 Å². The Kier molecular flexibility index (Phi) is 8.07. The first-order valence-corrected chi connectivity index (χ1v) is 7.98. The first-order chi connectivity index (χ1) is 10.1. The lowest BCUT2D eigenvalue weighted by atomic mass is 10.2. The van der Waals surface area contributed by atoms with Crippen LogP contribution in [0.25, 0.3) is 0 Å². The Morgan fingerprint density at radius 2 is 2.00 bits per heavy atom. The third-order valence-corrected chi connectivity index (χ3v) is 3.16. The van der Waals surface area contributed by atoms with Crippen molar-refractivity contribution in [2.24, 2.45) is 5.10 Å². The third-order valence-electron chi connectivity index (χ3n) is 2.34. The van der Waals surface area contributed by atoms with Crippen LogP contribution in [0.1, 0.15) is 26.3 Å². The molecule has 0 atom stereocenters. The van der Waals surface area contributed by atoms with E-state index in [2.05, 4.69) is 31.8 Å². The van der Waals surface area contributed by atoms with Crippen molar-refractivity contribution in [3.05, 3.63) is 22.2 Å². The smallest absolute Gasteiger partial charge is 0.186 e.